The lowest BCUT2D eigenvalue weighted by molar-refractivity contribution is 0.238. The van der Waals surface area contributed by atoms with E-state index in [4.69, 9.17) is 4.74 Å². The summed E-state index contributed by atoms with van der Waals surface area (Å²) in [7, 11) is 0.692. The third-order valence-corrected chi connectivity index (χ3v) is 5.75. The number of sulfone groups is 1. The van der Waals surface area contributed by atoms with Crippen LogP contribution in [0, 0.1) is 0 Å². The van der Waals surface area contributed by atoms with Gasteiger partial charge in [0, 0.05) is 18.8 Å². The lowest BCUT2D eigenvalue weighted by Crippen LogP contribution is -2.40. The number of methoxy groups -OCH3 is 1. The van der Waals surface area contributed by atoms with E-state index in [9.17, 15) is 8.42 Å². The van der Waals surface area contributed by atoms with E-state index in [1.807, 2.05) is 31.3 Å². The van der Waals surface area contributed by atoms with Crippen molar-refractivity contribution in [3.05, 3.63) is 29.8 Å². The Hall–Kier alpha value is -1.07. The normalized spacial score (nSPS) is 23.2. The Bertz CT molecular complexity index is 556. The molecular weight excluding hydrogens is 274 g/mol. The highest BCUT2D eigenvalue weighted by atomic mass is 32.2. The van der Waals surface area contributed by atoms with E-state index in [0.717, 1.165) is 37.1 Å². The van der Waals surface area contributed by atoms with Crippen molar-refractivity contribution in [2.75, 3.05) is 20.4 Å². The van der Waals surface area contributed by atoms with Crippen molar-refractivity contribution in [3.8, 4) is 5.75 Å². The molecule has 1 aliphatic carbocycles. The second-order valence-electron chi connectivity index (χ2n) is 5.63. The predicted molar refractivity (Wildman–Crippen MR) is 80.7 cm³/mol. The summed E-state index contributed by atoms with van der Waals surface area (Å²) in [5, 5.41) is -0.224. The van der Waals surface area contributed by atoms with Crippen LogP contribution in [0.3, 0.4) is 0 Å². The molecule has 0 saturated heterocycles. The first-order valence-corrected chi connectivity index (χ1v) is 8.89. The van der Waals surface area contributed by atoms with Crippen LogP contribution in [0.4, 0.5) is 0 Å². The molecular formula is C15H23NO3S. The highest BCUT2D eigenvalue weighted by molar-refractivity contribution is 7.91. The molecule has 1 aromatic rings. The zero-order chi connectivity index (χ0) is 14.8. The SMILES string of the molecule is COc1cccc(CN(C)[C@H]2CCC[C@H]2S(C)(=O)=O)c1. The van der Waals surface area contributed by atoms with Gasteiger partial charge in [-0.15, -0.1) is 0 Å². The summed E-state index contributed by atoms with van der Waals surface area (Å²) < 4.78 is 28.9. The Balaban J connectivity index is 2.09. The molecule has 1 saturated carbocycles. The number of hydrogen-bond acceptors (Lipinski definition) is 4. The summed E-state index contributed by atoms with van der Waals surface area (Å²) in [6, 6.07) is 8.05. The van der Waals surface area contributed by atoms with Crippen LogP contribution >= 0.6 is 0 Å². The maximum absolute atomic E-state index is 11.9. The van der Waals surface area contributed by atoms with Crippen LogP contribution in [0.5, 0.6) is 5.75 Å². The summed E-state index contributed by atoms with van der Waals surface area (Å²) in [5.41, 5.74) is 1.14. The zero-order valence-electron chi connectivity index (χ0n) is 12.4. The molecule has 0 spiro atoms. The van der Waals surface area contributed by atoms with E-state index in [0.29, 0.717) is 0 Å². The minimum absolute atomic E-state index is 0.121. The highest BCUT2D eigenvalue weighted by Crippen LogP contribution is 2.29. The average Bonchev–Trinajstić information content (AvgIpc) is 2.88. The summed E-state index contributed by atoms with van der Waals surface area (Å²) in [4.78, 5) is 2.16. The van der Waals surface area contributed by atoms with E-state index in [-0.39, 0.29) is 11.3 Å². The van der Waals surface area contributed by atoms with Gasteiger partial charge < -0.3 is 4.74 Å². The molecule has 1 fully saturated rings. The molecule has 2 atom stereocenters. The smallest absolute Gasteiger partial charge is 0.151 e. The monoisotopic (exact) mass is 297 g/mol. The van der Waals surface area contributed by atoms with E-state index in [2.05, 4.69) is 4.90 Å². The van der Waals surface area contributed by atoms with Gasteiger partial charge in [-0.1, -0.05) is 18.6 Å². The number of ether oxygens (including phenoxy) is 1. The highest BCUT2D eigenvalue weighted by Gasteiger charge is 2.36. The Kier molecular flexibility index (Phi) is 4.70. The zero-order valence-corrected chi connectivity index (χ0v) is 13.2. The van der Waals surface area contributed by atoms with Crippen LogP contribution in [0.15, 0.2) is 24.3 Å². The van der Waals surface area contributed by atoms with Gasteiger partial charge in [0.15, 0.2) is 9.84 Å². The summed E-state index contributed by atoms with van der Waals surface area (Å²) in [6.07, 6.45) is 4.09. The maximum atomic E-state index is 11.9. The molecule has 0 N–H and O–H groups in total. The minimum Gasteiger partial charge on any atom is -0.497 e. The lowest BCUT2D eigenvalue weighted by Gasteiger charge is -2.28. The van der Waals surface area contributed by atoms with Crippen LogP contribution in [0.25, 0.3) is 0 Å². The van der Waals surface area contributed by atoms with E-state index in [1.54, 1.807) is 7.11 Å². The van der Waals surface area contributed by atoms with Crippen molar-refractivity contribution in [1.82, 2.24) is 4.90 Å². The fourth-order valence-electron chi connectivity index (χ4n) is 3.09. The quantitative estimate of drug-likeness (QED) is 0.835. The molecule has 0 bridgehead atoms. The van der Waals surface area contributed by atoms with Crippen molar-refractivity contribution in [2.45, 2.75) is 37.1 Å². The third-order valence-electron chi connectivity index (χ3n) is 4.10. The van der Waals surface area contributed by atoms with Crippen LogP contribution in [0.2, 0.25) is 0 Å². The first-order valence-electron chi connectivity index (χ1n) is 6.94. The van der Waals surface area contributed by atoms with Gasteiger partial charge in [-0.05, 0) is 37.6 Å². The Morgan fingerprint density at radius 2 is 2.10 bits per heavy atom. The summed E-state index contributed by atoms with van der Waals surface area (Å²) in [5.74, 6) is 0.835. The predicted octanol–water partition coefficient (Wildman–Crippen LogP) is 2.09. The number of hydrogen-bond donors (Lipinski definition) is 0. The van der Waals surface area contributed by atoms with Crippen molar-refractivity contribution >= 4 is 9.84 Å². The Morgan fingerprint density at radius 3 is 2.75 bits per heavy atom. The van der Waals surface area contributed by atoms with Gasteiger partial charge >= 0.3 is 0 Å². The minimum atomic E-state index is -2.97. The molecule has 112 valence electrons. The standard InChI is InChI=1S/C15H23NO3S/c1-16(11-12-6-4-7-13(10-12)19-2)14-8-5-9-15(14)20(3,17)18/h4,6-7,10,14-15H,5,8-9,11H2,1-3H3/t14-,15+/m0/s1. The number of benzene rings is 1. The molecule has 4 nitrogen and oxygen atoms in total. The molecule has 0 aliphatic heterocycles. The van der Waals surface area contributed by atoms with Gasteiger partial charge in [-0.2, -0.15) is 0 Å². The fraction of sp³-hybridized carbons (Fsp3) is 0.600. The van der Waals surface area contributed by atoms with Gasteiger partial charge in [-0.25, -0.2) is 8.42 Å². The van der Waals surface area contributed by atoms with Crippen LogP contribution in [-0.2, 0) is 16.4 Å². The Morgan fingerprint density at radius 1 is 1.35 bits per heavy atom. The summed E-state index contributed by atoms with van der Waals surface area (Å²) in [6.45, 7) is 0.744. The molecule has 0 amide bonds. The van der Waals surface area contributed by atoms with Crippen molar-refractivity contribution in [3.63, 3.8) is 0 Å². The third kappa shape index (κ3) is 3.52. The molecule has 0 aromatic heterocycles. The van der Waals surface area contributed by atoms with Gasteiger partial charge in [0.25, 0.3) is 0 Å². The lowest BCUT2D eigenvalue weighted by atomic mass is 10.1. The van der Waals surface area contributed by atoms with E-state index >= 15 is 0 Å². The maximum Gasteiger partial charge on any atom is 0.151 e. The van der Waals surface area contributed by atoms with Gasteiger partial charge in [-0.3, -0.25) is 4.90 Å². The molecule has 1 aromatic carbocycles. The fourth-order valence-corrected chi connectivity index (χ4v) is 4.60. The molecule has 0 radical (unpaired) electrons. The van der Waals surface area contributed by atoms with Crippen molar-refractivity contribution < 1.29 is 13.2 Å². The molecule has 5 heteroatoms. The second kappa shape index (κ2) is 6.14. The van der Waals surface area contributed by atoms with E-state index in [1.165, 1.54) is 6.26 Å². The molecule has 1 aliphatic rings. The molecule has 20 heavy (non-hydrogen) atoms. The van der Waals surface area contributed by atoms with Crippen molar-refractivity contribution in [2.24, 2.45) is 0 Å². The van der Waals surface area contributed by atoms with Crippen LogP contribution < -0.4 is 4.74 Å². The van der Waals surface area contributed by atoms with Crippen LogP contribution in [0.1, 0.15) is 24.8 Å². The van der Waals surface area contributed by atoms with Crippen LogP contribution in [-0.4, -0.2) is 45.0 Å². The number of nitrogens with zero attached hydrogens (tertiary/aromatic N) is 1. The van der Waals surface area contributed by atoms with Gasteiger partial charge in [0.05, 0.1) is 12.4 Å². The molecule has 2 rings (SSSR count). The first kappa shape index (κ1) is 15.3. The molecule has 0 heterocycles. The Labute approximate surface area is 121 Å². The van der Waals surface area contributed by atoms with E-state index < -0.39 is 9.84 Å². The second-order valence-corrected chi connectivity index (χ2v) is 7.90. The van der Waals surface area contributed by atoms with Gasteiger partial charge in [0.1, 0.15) is 5.75 Å². The largest absolute Gasteiger partial charge is 0.497 e. The number of rotatable bonds is 5. The average molecular weight is 297 g/mol. The topological polar surface area (TPSA) is 46.6 Å². The van der Waals surface area contributed by atoms with Crippen molar-refractivity contribution in [1.29, 1.82) is 0 Å². The summed E-state index contributed by atoms with van der Waals surface area (Å²) >= 11 is 0. The first-order chi connectivity index (χ1) is 9.41. The molecule has 0 unspecified atom stereocenters. The van der Waals surface area contributed by atoms with Gasteiger partial charge in [0.2, 0.25) is 0 Å².